The van der Waals surface area contributed by atoms with Crippen LogP contribution in [0.1, 0.15) is 29.2 Å². The summed E-state index contributed by atoms with van der Waals surface area (Å²) in [5.41, 5.74) is 2.00. The van der Waals surface area contributed by atoms with Gasteiger partial charge in [-0.3, -0.25) is 9.88 Å². The number of halogens is 1. The number of nitrogens with zero attached hydrogens (tertiary/aromatic N) is 3. The van der Waals surface area contributed by atoms with Crippen molar-refractivity contribution < 1.29 is 4.74 Å². The molecule has 154 valence electrons. The topological polar surface area (TPSA) is 61.8 Å². The predicted octanol–water partition coefficient (Wildman–Crippen LogP) is 3.20. The zero-order chi connectivity index (χ0) is 18.9. The van der Waals surface area contributed by atoms with Gasteiger partial charge in [0.2, 0.25) is 0 Å². The minimum atomic E-state index is 0. The first kappa shape index (κ1) is 23.1. The SMILES string of the molecule is CCNC(=NCc1cccc(C)n1)NCC(c1cccs1)N1CCOCC1.I. The Balaban J connectivity index is 0.00000280. The minimum Gasteiger partial charge on any atom is -0.379 e. The lowest BCUT2D eigenvalue weighted by Gasteiger charge is -2.34. The second-order valence-electron chi connectivity index (χ2n) is 6.53. The average molecular weight is 515 g/mol. The summed E-state index contributed by atoms with van der Waals surface area (Å²) in [6.45, 7) is 9.83. The van der Waals surface area contributed by atoms with Crippen LogP contribution in [0.15, 0.2) is 40.7 Å². The fourth-order valence-electron chi connectivity index (χ4n) is 3.16. The zero-order valence-corrected chi connectivity index (χ0v) is 19.7. The molecule has 28 heavy (non-hydrogen) atoms. The molecule has 1 aliphatic heterocycles. The third-order valence-electron chi connectivity index (χ3n) is 4.51. The molecule has 8 heteroatoms. The van der Waals surface area contributed by atoms with Crippen LogP contribution < -0.4 is 10.6 Å². The average Bonchev–Trinajstić information content (AvgIpc) is 3.21. The van der Waals surface area contributed by atoms with Crippen molar-refractivity contribution in [2.75, 3.05) is 39.4 Å². The highest BCUT2D eigenvalue weighted by atomic mass is 127. The molecule has 1 saturated heterocycles. The standard InChI is InChI=1S/C20H29N5OS.HI/c1-3-21-20(22-14-17-7-4-6-16(2)24-17)23-15-18(19-8-5-13-27-19)25-9-11-26-12-10-25;/h4-8,13,18H,3,9-12,14-15H2,1-2H3,(H2,21,22,23);1H. The van der Waals surface area contributed by atoms with E-state index in [1.165, 1.54) is 4.88 Å². The summed E-state index contributed by atoms with van der Waals surface area (Å²) < 4.78 is 5.53. The van der Waals surface area contributed by atoms with Gasteiger partial charge in [0.1, 0.15) is 0 Å². The lowest BCUT2D eigenvalue weighted by atomic mass is 10.2. The molecular weight excluding hydrogens is 485 g/mol. The maximum Gasteiger partial charge on any atom is 0.191 e. The van der Waals surface area contributed by atoms with Crippen molar-refractivity contribution >= 4 is 41.3 Å². The van der Waals surface area contributed by atoms with Gasteiger partial charge in [0.25, 0.3) is 0 Å². The number of guanidine groups is 1. The number of rotatable bonds is 7. The maximum absolute atomic E-state index is 5.53. The summed E-state index contributed by atoms with van der Waals surface area (Å²) in [6.07, 6.45) is 0. The molecule has 2 aromatic rings. The second-order valence-corrected chi connectivity index (χ2v) is 7.51. The Kier molecular flexibility index (Phi) is 10.2. The van der Waals surface area contributed by atoms with Crippen LogP contribution in [0.25, 0.3) is 0 Å². The highest BCUT2D eigenvalue weighted by molar-refractivity contribution is 14.0. The van der Waals surface area contributed by atoms with Gasteiger partial charge in [-0.05, 0) is 37.4 Å². The summed E-state index contributed by atoms with van der Waals surface area (Å²) in [4.78, 5) is 13.1. The quantitative estimate of drug-likeness (QED) is 0.337. The largest absolute Gasteiger partial charge is 0.379 e. The first-order valence-corrected chi connectivity index (χ1v) is 10.4. The Bertz CT molecular complexity index is 719. The van der Waals surface area contributed by atoms with E-state index >= 15 is 0 Å². The molecule has 2 N–H and O–H groups in total. The lowest BCUT2D eigenvalue weighted by Crippen LogP contribution is -2.46. The van der Waals surface area contributed by atoms with Crippen molar-refractivity contribution in [3.05, 3.63) is 52.0 Å². The molecule has 6 nitrogen and oxygen atoms in total. The molecule has 3 heterocycles. The Labute approximate surface area is 188 Å². The van der Waals surface area contributed by atoms with Crippen molar-refractivity contribution in [3.8, 4) is 0 Å². The third-order valence-corrected chi connectivity index (χ3v) is 5.48. The van der Waals surface area contributed by atoms with Gasteiger partial charge < -0.3 is 15.4 Å². The lowest BCUT2D eigenvalue weighted by molar-refractivity contribution is 0.0177. The number of aliphatic imine (C=N–C) groups is 1. The molecule has 0 radical (unpaired) electrons. The molecular formula is C20H30IN5OS. The molecule has 1 fully saturated rings. The van der Waals surface area contributed by atoms with Crippen LogP contribution in [0.2, 0.25) is 0 Å². The van der Waals surface area contributed by atoms with Gasteiger partial charge in [-0.1, -0.05) is 12.1 Å². The highest BCUT2D eigenvalue weighted by Crippen LogP contribution is 2.25. The number of aryl methyl sites for hydroxylation is 1. The first-order chi connectivity index (χ1) is 13.3. The number of morpholine rings is 1. The highest BCUT2D eigenvalue weighted by Gasteiger charge is 2.23. The Morgan fingerprint density at radius 3 is 2.75 bits per heavy atom. The van der Waals surface area contributed by atoms with Crippen LogP contribution in [0.4, 0.5) is 0 Å². The molecule has 0 spiro atoms. The van der Waals surface area contributed by atoms with Crippen LogP contribution in [-0.2, 0) is 11.3 Å². The fourth-order valence-corrected chi connectivity index (χ4v) is 4.02. The van der Waals surface area contributed by atoms with E-state index in [4.69, 9.17) is 9.73 Å². The van der Waals surface area contributed by atoms with Gasteiger partial charge >= 0.3 is 0 Å². The number of ether oxygens (including phenoxy) is 1. The van der Waals surface area contributed by atoms with E-state index in [2.05, 4.69) is 45.0 Å². The molecule has 0 amide bonds. The molecule has 0 aromatic carbocycles. The van der Waals surface area contributed by atoms with Crippen molar-refractivity contribution in [2.45, 2.75) is 26.4 Å². The van der Waals surface area contributed by atoms with E-state index in [1.54, 1.807) is 0 Å². The van der Waals surface area contributed by atoms with Crippen LogP contribution in [0.3, 0.4) is 0 Å². The number of aromatic nitrogens is 1. The van der Waals surface area contributed by atoms with Crippen molar-refractivity contribution in [3.63, 3.8) is 0 Å². The maximum atomic E-state index is 5.53. The molecule has 3 rings (SSSR count). The van der Waals surface area contributed by atoms with E-state index in [-0.39, 0.29) is 24.0 Å². The van der Waals surface area contributed by atoms with Crippen molar-refractivity contribution in [1.82, 2.24) is 20.5 Å². The van der Waals surface area contributed by atoms with Gasteiger partial charge in [-0.15, -0.1) is 35.3 Å². The first-order valence-electron chi connectivity index (χ1n) is 9.56. The normalized spacial score (nSPS) is 16.3. The van der Waals surface area contributed by atoms with E-state index in [9.17, 15) is 0 Å². The van der Waals surface area contributed by atoms with Crippen LogP contribution >= 0.6 is 35.3 Å². The monoisotopic (exact) mass is 515 g/mol. The van der Waals surface area contributed by atoms with Gasteiger partial charge in [0, 0.05) is 36.8 Å². The van der Waals surface area contributed by atoms with Gasteiger partial charge in [-0.25, -0.2) is 4.99 Å². The van der Waals surface area contributed by atoms with E-state index in [0.29, 0.717) is 12.6 Å². The summed E-state index contributed by atoms with van der Waals surface area (Å²) in [5.74, 6) is 0.829. The fraction of sp³-hybridized carbons (Fsp3) is 0.500. The minimum absolute atomic E-state index is 0. The van der Waals surface area contributed by atoms with Crippen LogP contribution in [0, 0.1) is 6.92 Å². The zero-order valence-electron chi connectivity index (χ0n) is 16.6. The molecule has 1 unspecified atom stereocenters. The third kappa shape index (κ3) is 6.98. The van der Waals surface area contributed by atoms with Gasteiger partial charge in [0.15, 0.2) is 5.96 Å². The number of nitrogens with one attached hydrogen (secondary N) is 2. The molecule has 1 aliphatic rings. The molecule has 0 saturated carbocycles. The van der Waals surface area contributed by atoms with Crippen molar-refractivity contribution in [2.24, 2.45) is 4.99 Å². The Hall–Kier alpha value is -1.23. The number of thiophene rings is 1. The second kappa shape index (κ2) is 12.4. The predicted molar refractivity (Wildman–Crippen MR) is 127 cm³/mol. The molecule has 2 aromatic heterocycles. The number of hydrogen-bond donors (Lipinski definition) is 2. The van der Waals surface area contributed by atoms with E-state index in [0.717, 1.165) is 56.7 Å². The van der Waals surface area contributed by atoms with E-state index in [1.807, 2.05) is 36.5 Å². The number of pyridine rings is 1. The summed E-state index contributed by atoms with van der Waals surface area (Å²) in [6, 6.07) is 10.7. The van der Waals surface area contributed by atoms with Crippen LogP contribution in [-0.4, -0.2) is 55.2 Å². The summed E-state index contributed by atoms with van der Waals surface area (Å²) in [5, 5.41) is 9.01. The van der Waals surface area contributed by atoms with Gasteiger partial charge in [-0.2, -0.15) is 0 Å². The summed E-state index contributed by atoms with van der Waals surface area (Å²) in [7, 11) is 0. The molecule has 0 aliphatic carbocycles. The Morgan fingerprint density at radius 2 is 2.07 bits per heavy atom. The van der Waals surface area contributed by atoms with Crippen molar-refractivity contribution in [1.29, 1.82) is 0 Å². The number of hydrogen-bond acceptors (Lipinski definition) is 5. The Morgan fingerprint density at radius 1 is 1.25 bits per heavy atom. The summed E-state index contributed by atoms with van der Waals surface area (Å²) >= 11 is 1.81. The molecule has 0 bridgehead atoms. The van der Waals surface area contributed by atoms with Crippen LogP contribution in [0.5, 0.6) is 0 Å². The smallest absolute Gasteiger partial charge is 0.191 e. The molecule has 1 atom stereocenters. The van der Waals surface area contributed by atoms with E-state index < -0.39 is 0 Å². The van der Waals surface area contributed by atoms with Gasteiger partial charge in [0.05, 0.1) is 31.5 Å².